The van der Waals surface area contributed by atoms with E-state index in [1.807, 2.05) is 0 Å². The first-order chi connectivity index (χ1) is 8.65. The summed E-state index contributed by atoms with van der Waals surface area (Å²) in [7, 11) is 1.63. The molecule has 0 spiro atoms. The Kier molecular flexibility index (Phi) is 5.96. The van der Waals surface area contributed by atoms with Crippen LogP contribution in [0.4, 0.5) is 11.4 Å². The van der Waals surface area contributed by atoms with Gasteiger partial charge in [-0.1, -0.05) is 0 Å². The van der Waals surface area contributed by atoms with Crippen LogP contribution in [0.2, 0.25) is 0 Å². The molecule has 1 amide bonds. The van der Waals surface area contributed by atoms with Crippen molar-refractivity contribution in [3.05, 3.63) is 23.8 Å². The van der Waals surface area contributed by atoms with Gasteiger partial charge in [0.05, 0.1) is 31.2 Å². The molecule has 0 saturated heterocycles. The van der Waals surface area contributed by atoms with Gasteiger partial charge in [0, 0.05) is 19.2 Å². The van der Waals surface area contributed by atoms with Gasteiger partial charge < -0.3 is 26.3 Å². The van der Waals surface area contributed by atoms with E-state index in [2.05, 4.69) is 5.32 Å². The minimum atomic E-state index is -0.490. The number of anilines is 2. The third-order valence-corrected chi connectivity index (χ3v) is 2.33. The van der Waals surface area contributed by atoms with E-state index >= 15 is 0 Å². The number of benzene rings is 1. The van der Waals surface area contributed by atoms with E-state index in [1.165, 1.54) is 0 Å². The van der Waals surface area contributed by atoms with Gasteiger partial charge in [-0.3, -0.25) is 4.79 Å². The Morgan fingerprint density at radius 3 is 2.72 bits per heavy atom. The third-order valence-electron chi connectivity index (χ3n) is 2.33. The van der Waals surface area contributed by atoms with Gasteiger partial charge in [-0.15, -0.1) is 0 Å². The van der Waals surface area contributed by atoms with Gasteiger partial charge in [-0.2, -0.15) is 0 Å². The number of primary amides is 1. The topological polar surface area (TPSA) is 99.6 Å². The van der Waals surface area contributed by atoms with Crippen molar-refractivity contribution in [3.63, 3.8) is 0 Å². The highest BCUT2D eigenvalue weighted by molar-refractivity contribution is 5.94. The van der Waals surface area contributed by atoms with Crippen LogP contribution < -0.4 is 16.8 Å². The average molecular weight is 253 g/mol. The zero-order chi connectivity index (χ0) is 13.4. The van der Waals surface area contributed by atoms with Crippen LogP contribution in [-0.2, 0) is 9.47 Å². The van der Waals surface area contributed by atoms with Crippen LogP contribution in [0.15, 0.2) is 18.2 Å². The highest BCUT2D eigenvalue weighted by Crippen LogP contribution is 2.19. The smallest absolute Gasteiger partial charge is 0.248 e. The number of carbonyl (C=O) groups excluding carboxylic acids is 1. The molecular weight excluding hydrogens is 234 g/mol. The Balaban J connectivity index is 2.36. The number of ether oxygens (including phenoxy) is 2. The highest BCUT2D eigenvalue weighted by atomic mass is 16.5. The van der Waals surface area contributed by atoms with Crippen molar-refractivity contribution >= 4 is 17.3 Å². The molecular formula is C12H19N3O3. The standard InChI is InChI=1S/C12H19N3O3/c1-17-6-7-18-5-4-15-11-3-2-9(12(14)16)8-10(11)13/h2-3,8,15H,4-7,13H2,1H3,(H2,14,16). The lowest BCUT2D eigenvalue weighted by Gasteiger charge is -2.10. The van der Waals surface area contributed by atoms with Gasteiger partial charge in [0.2, 0.25) is 5.91 Å². The molecule has 0 aliphatic heterocycles. The number of amides is 1. The molecule has 6 nitrogen and oxygen atoms in total. The number of hydrogen-bond acceptors (Lipinski definition) is 5. The van der Waals surface area contributed by atoms with Crippen molar-refractivity contribution in [2.45, 2.75) is 0 Å². The molecule has 18 heavy (non-hydrogen) atoms. The number of rotatable bonds is 8. The second kappa shape index (κ2) is 7.52. The third kappa shape index (κ3) is 4.60. The molecule has 0 heterocycles. The maximum atomic E-state index is 10.9. The molecule has 0 atom stereocenters. The Labute approximate surface area is 106 Å². The Morgan fingerprint density at radius 1 is 1.33 bits per heavy atom. The summed E-state index contributed by atoms with van der Waals surface area (Å²) >= 11 is 0. The van der Waals surface area contributed by atoms with E-state index in [1.54, 1.807) is 25.3 Å². The Hall–Kier alpha value is -1.79. The number of carbonyl (C=O) groups is 1. The summed E-state index contributed by atoms with van der Waals surface area (Å²) in [5.74, 6) is -0.490. The lowest BCUT2D eigenvalue weighted by molar-refractivity contribution is 0.0759. The summed E-state index contributed by atoms with van der Waals surface area (Å²) in [5.41, 5.74) is 12.6. The van der Waals surface area contributed by atoms with E-state index in [0.29, 0.717) is 37.6 Å². The van der Waals surface area contributed by atoms with Crippen LogP contribution >= 0.6 is 0 Å². The first-order valence-corrected chi connectivity index (χ1v) is 5.65. The predicted molar refractivity (Wildman–Crippen MR) is 70.6 cm³/mol. The number of nitrogen functional groups attached to an aromatic ring is 1. The van der Waals surface area contributed by atoms with Crippen molar-refractivity contribution in [2.75, 3.05) is 44.5 Å². The van der Waals surface area contributed by atoms with Crippen LogP contribution in [0.25, 0.3) is 0 Å². The van der Waals surface area contributed by atoms with E-state index in [9.17, 15) is 4.79 Å². The molecule has 1 rings (SSSR count). The minimum absolute atomic E-state index is 0.398. The molecule has 0 saturated carbocycles. The fraction of sp³-hybridized carbons (Fsp3) is 0.417. The van der Waals surface area contributed by atoms with E-state index in [-0.39, 0.29) is 0 Å². The molecule has 0 unspecified atom stereocenters. The highest BCUT2D eigenvalue weighted by Gasteiger charge is 2.04. The minimum Gasteiger partial charge on any atom is -0.397 e. The van der Waals surface area contributed by atoms with Crippen LogP contribution in [0.5, 0.6) is 0 Å². The van der Waals surface area contributed by atoms with Crippen molar-refractivity contribution in [3.8, 4) is 0 Å². The number of methoxy groups -OCH3 is 1. The largest absolute Gasteiger partial charge is 0.397 e. The first-order valence-electron chi connectivity index (χ1n) is 5.65. The second-order valence-corrected chi connectivity index (χ2v) is 3.70. The molecule has 1 aromatic carbocycles. The predicted octanol–water partition coefficient (Wildman–Crippen LogP) is 0.443. The molecule has 0 fully saturated rings. The summed E-state index contributed by atoms with van der Waals surface area (Å²) in [6.07, 6.45) is 0. The fourth-order valence-electron chi connectivity index (χ4n) is 1.38. The van der Waals surface area contributed by atoms with Crippen LogP contribution in [0, 0.1) is 0 Å². The molecule has 100 valence electrons. The summed E-state index contributed by atoms with van der Waals surface area (Å²) in [6.45, 7) is 2.33. The number of nitrogens with two attached hydrogens (primary N) is 2. The lowest BCUT2D eigenvalue weighted by atomic mass is 10.1. The van der Waals surface area contributed by atoms with E-state index < -0.39 is 5.91 Å². The zero-order valence-corrected chi connectivity index (χ0v) is 10.4. The first kappa shape index (κ1) is 14.3. The van der Waals surface area contributed by atoms with Gasteiger partial charge in [0.25, 0.3) is 0 Å². The number of nitrogens with one attached hydrogen (secondary N) is 1. The maximum absolute atomic E-state index is 10.9. The van der Waals surface area contributed by atoms with Crippen molar-refractivity contribution in [1.29, 1.82) is 0 Å². The molecule has 6 heteroatoms. The normalized spacial score (nSPS) is 10.3. The fourth-order valence-corrected chi connectivity index (χ4v) is 1.38. The van der Waals surface area contributed by atoms with Crippen LogP contribution in [-0.4, -0.2) is 39.4 Å². The van der Waals surface area contributed by atoms with Crippen LogP contribution in [0.1, 0.15) is 10.4 Å². The Morgan fingerprint density at radius 2 is 2.11 bits per heavy atom. The SMILES string of the molecule is COCCOCCNc1ccc(C(N)=O)cc1N. The average Bonchev–Trinajstić information content (AvgIpc) is 2.35. The van der Waals surface area contributed by atoms with Gasteiger partial charge in [0.15, 0.2) is 0 Å². The van der Waals surface area contributed by atoms with Gasteiger partial charge >= 0.3 is 0 Å². The monoisotopic (exact) mass is 253 g/mol. The van der Waals surface area contributed by atoms with Crippen molar-refractivity contribution < 1.29 is 14.3 Å². The summed E-state index contributed by atoms with van der Waals surface area (Å²) in [6, 6.07) is 4.91. The maximum Gasteiger partial charge on any atom is 0.248 e. The van der Waals surface area contributed by atoms with Crippen LogP contribution in [0.3, 0.4) is 0 Å². The van der Waals surface area contributed by atoms with Gasteiger partial charge in [0.1, 0.15) is 0 Å². The summed E-state index contributed by atoms with van der Waals surface area (Å²) in [5, 5.41) is 3.11. The quantitative estimate of drug-likeness (QED) is 0.461. The molecule has 5 N–H and O–H groups in total. The van der Waals surface area contributed by atoms with E-state index in [4.69, 9.17) is 20.9 Å². The molecule has 0 radical (unpaired) electrons. The summed E-state index contributed by atoms with van der Waals surface area (Å²) < 4.78 is 10.1. The molecule has 0 aliphatic rings. The molecule has 0 aliphatic carbocycles. The van der Waals surface area contributed by atoms with Gasteiger partial charge in [-0.25, -0.2) is 0 Å². The van der Waals surface area contributed by atoms with Crippen molar-refractivity contribution in [2.24, 2.45) is 5.73 Å². The van der Waals surface area contributed by atoms with Gasteiger partial charge in [-0.05, 0) is 18.2 Å². The molecule has 0 aromatic heterocycles. The van der Waals surface area contributed by atoms with E-state index in [0.717, 1.165) is 5.69 Å². The Bertz CT molecular complexity index is 396. The molecule has 1 aromatic rings. The lowest BCUT2D eigenvalue weighted by Crippen LogP contribution is -2.14. The zero-order valence-electron chi connectivity index (χ0n) is 10.4. The molecule has 0 bridgehead atoms. The second-order valence-electron chi connectivity index (χ2n) is 3.70. The number of hydrogen-bond donors (Lipinski definition) is 3. The summed E-state index contributed by atoms with van der Waals surface area (Å²) in [4.78, 5) is 10.9. The van der Waals surface area contributed by atoms with Crippen molar-refractivity contribution in [1.82, 2.24) is 0 Å².